The van der Waals surface area contributed by atoms with Crippen LogP contribution < -0.4 is 11.0 Å². The van der Waals surface area contributed by atoms with Crippen LogP contribution in [0.15, 0.2) is 29.1 Å². The highest BCUT2D eigenvalue weighted by molar-refractivity contribution is 7.22. The number of nitrogens with one attached hydrogen (secondary N) is 1. The molecule has 1 aliphatic heterocycles. The Bertz CT molecular complexity index is 1060. The number of thiazole rings is 1. The number of anilines is 1. The lowest BCUT2D eigenvalue weighted by Gasteiger charge is -2.30. The van der Waals surface area contributed by atoms with Crippen LogP contribution in [-0.4, -0.2) is 63.5 Å². The van der Waals surface area contributed by atoms with Crippen LogP contribution in [0.1, 0.15) is 31.5 Å². The van der Waals surface area contributed by atoms with Crippen LogP contribution in [0.25, 0.3) is 10.2 Å². The number of rotatable bonds is 8. The van der Waals surface area contributed by atoms with Gasteiger partial charge in [-0.05, 0) is 45.0 Å². The van der Waals surface area contributed by atoms with E-state index < -0.39 is 0 Å². The van der Waals surface area contributed by atoms with Gasteiger partial charge in [0.25, 0.3) is 0 Å². The second kappa shape index (κ2) is 9.71. The average molecular weight is 445 g/mol. The Labute approximate surface area is 184 Å². The first-order valence-electron chi connectivity index (χ1n) is 10.6. The van der Waals surface area contributed by atoms with Gasteiger partial charge < -0.3 is 10.1 Å². The number of hydrogen-bond donors (Lipinski definition) is 1. The van der Waals surface area contributed by atoms with Gasteiger partial charge in [-0.15, -0.1) is 0 Å². The first-order valence-corrected chi connectivity index (χ1v) is 11.4. The van der Waals surface area contributed by atoms with E-state index in [0.717, 1.165) is 42.0 Å². The molecule has 0 spiro atoms. The molecule has 0 atom stereocenters. The maximum absolute atomic E-state index is 12.6. The molecule has 0 radical (unpaired) electrons. The van der Waals surface area contributed by atoms with Gasteiger partial charge in [-0.25, -0.2) is 14.5 Å². The largest absolute Gasteiger partial charge is 0.383 e. The molecule has 31 heavy (non-hydrogen) atoms. The standard InChI is InChI=1S/C21H28N6O3S/c1-3-26-19(24-27(21(26)29)12-13-30-2)15-8-10-25(11-9-15)14-18(28)23-20-22-16-6-4-5-7-17(16)31-20/h4-7,15H,3,8-14H2,1-2H3,(H,22,23,28). The predicted octanol–water partition coefficient (Wildman–Crippen LogP) is 2.14. The molecule has 0 bridgehead atoms. The number of aromatic nitrogens is 4. The van der Waals surface area contributed by atoms with E-state index in [-0.39, 0.29) is 17.5 Å². The summed E-state index contributed by atoms with van der Waals surface area (Å²) in [5, 5.41) is 8.14. The quantitative estimate of drug-likeness (QED) is 0.572. The van der Waals surface area contributed by atoms with Crippen molar-refractivity contribution in [3.8, 4) is 0 Å². The molecule has 0 saturated carbocycles. The van der Waals surface area contributed by atoms with Crippen LogP contribution in [0.4, 0.5) is 5.13 Å². The Hall–Kier alpha value is -2.56. The monoisotopic (exact) mass is 444 g/mol. The van der Waals surface area contributed by atoms with Gasteiger partial charge in [0.2, 0.25) is 5.91 Å². The van der Waals surface area contributed by atoms with Gasteiger partial charge in [-0.1, -0.05) is 23.5 Å². The summed E-state index contributed by atoms with van der Waals surface area (Å²) in [4.78, 5) is 31.7. The molecule has 9 nitrogen and oxygen atoms in total. The lowest BCUT2D eigenvalue weighted by molar-refractivity contribution is -0.117. The average Bonchev–Trinajstić information content (AvgIpc) is 3.32. The lowest BCUT2D eigenvalue weighted by Crippen LogP contribution is -2.39. The molecule has 1 saturated heterocycles. The van der Waals surface area contributed by atoms with Gasteiger partial charge in [0.1, 0.15) is 5.82 Å². The van der Waals surface area contributed by atoms with Crippen LogP contribution in [0.3, 0.4) is 0 Å². The molecule has 1 aliphatic rings. The summed E-state index contributed by atoms with van der Waals surface area (Å²) in [6, 6.07) is 7.85. The zero-order valence-corrected chi connectivity index (χ0v) is 18.7. The summed E-state index contributed by atoms with van der Waals surface area (Å²) < 4.78 is 9.40. The summed E-state index contributed by atoms with van der Waals surface area (Å²) in [5.41, 5.74) is 0.822. The number of likely N-dealkylation sites (tertiary alicyclic amines) is 1. The highest BCUT2D eigenvalue weighted by Crippen LogP contribution is 2.27. The van der Waals surface area contributed by atoms with Crippen molar-refractivity contribution in [1.29, 1.82) is 0 Å². The molecule has 1 N–H and O–H groups in total. The van der Waals surface area contributed by atoms with Crippen LogP contribution in [0.2, 0.25) is 0 Å². The number of para-hydroxylation sites is 1. The maximum Gasteiger partial charge on any atom is 0.345 e. The smallest absolute Gasteiger partial charge is 0.345 e. The van der Waals surface area contributed by atoms with Crippen molar-refractivity contribution in [3.05, 3.63) is 40.6 Å². The molecule has 3 heterocycles. The fourth-order valence-electron chi connectivity index (χ4n) is 4.02. The highest BCUT2D eigenvalue weighted by Gasteiger charge is 2.27. The summed E-state index contributed by atoms with van der Waals surface area (Å²) in [6.45, 7) is 5.41. The zero-order valence-electron chi connectivity index (χ0n) is 17.9. The van der Waals surface area contributed by atoms with Gasteiger partial charge in [-0.2, -0.15) is 5.10 Å². The van der Waals surface area contributed by atoms with Crippen LogP contribution in [-0.2, 0) is 22.6 Å². The first-order chi connectivity index (χ1) is 15.1. The molecule has 3 aromatic rings. The van der Waals surface area contributed by atoms with Crippen molar-refractivity contribution in [2.24, 2.45) is 0 Å². The molecule has 0 aliphatic carbocycles. The van der Waals surface area contributed by atoms with Gasteiger partial charge in [0.05, 0.1) is 29.9 Å². The minimum Gasteiger partial charge on any atom is -0.383 e. The number of benzene rings is 1. The number of ether oxygens (including phenoxy) is 1. The Kier molecular flexibility index (Phi) is 6.79. The van der Waals surface area contributed by atoms with Gasteiger partial charge in [0.15, 0.2) is 5.13 Å². The Morgan fingerprint density at radius 3 is 2.77 bits per heavy atom. The molecular weight excluding hydrogens is 416 g/mol. The molecule has 4 rings (SSSR count). The third-order valence-electron chi connectivity index (χ3n) is 5.64. The number of piperidine rings is 1. The summed E-state index contributed by atoms with van der Waals surface area (Å²) in [5.74, 6) is 1.02. The van der Waals surface area contributed by atoms with Crippen molar-refractivity contribution in [1.82, 2.24) is 24.2 Å². The zero-order chi connectivity index (χ0) is 21.8. The van der Waals surface area contributed by atoms with Crippen LogP contribution in [0, 0.1) is 0 Å². The number of amides is 1. The molecule has 0 unspecified atom stereocenters. The molecule has 1 aromatic carbocycles. The molecular formula is C21H28N6O3S. The Morgan fingerprint density at radius 2 is 2.06 bits per heavy atom. The third kappa shape index (κ3) is 4.86. The van der Waals surface area contributed by atoms with Gasteiger partial charge in [-0.3, -0.25) is 14.3 Å². The van der Waals surface area contributed by atoms with Gasteiger partial charge >= 0.3 is 5.69 Å². The Balaban J connectivity index is 1.33. The number of methoxy groups -OCH3 is 1. The summed E-state index contributed by atoms with van der Waals surface area (Å²) >= 11 is 1.49. The normalized spacial score (nSPS) is 15.5. The van der Waals surface area contributed by atoms with E-state index in [1.54, 1.807) is 11.7 Å². The number of carbonyl (C=O) groups is 1. The van der Waals surface area contributed by atoms with E-state index in [2.05, 4.69) is 20.3 Å². The molecule has 1 amide bonds. The SMILES string of the molecule is CCn1c(C2CCN(CC(=O)Nc3nc4ccccc4s3)CC2)nn(CCOC)c1=O. The van der Waals surface area contributed by atoms with E-state index in [4.69, 9.17) is 4.74 Å². The minimum atomic E-state index is -0.0767. The predicted molar refractivity (Wildman–Crippen MR) is 121 cm³/mol. The summed E-state index contributed by atoms with van der Waals surface area (Å²) in [7, 11) is 1.62. The van der Waals surface area contributed by atoms with E-state index in [1.165, 1.54) is 16.0 Å². The van der Waals surface area contributed by atoms with Crippen molar-refractivity contribution in [3.63, 3.8) is 0 Å². The first kappa shape index (κ1) is 21.7. The lowest BCUT2D eigenvalue weighted by atomic mass is 9.96. The van der Waals surface area contributed by atoms with Gasteiger partial charge in [0, 0.05) is 19.6 Å². The molecule has 1 fully saturated rings. The number of nitrogens with zero attached hydrogens (tertiary/aromatic N) is 5. The van der Waals surface area contributed by atoms with Crippen molar-refractivity contribution in [2.45, 2.75) is 38.8 Å². The van der Waals surface area contributed by atoms with E-state index in [1.807, 2.05) is 31.2 Å². The van der Waals surface area contributed by atoms with Crippen LogP contribution >= 0.6 is 11.3 Å². The van der Waals surface area contributed by atoms with E-state index >= 15 is 0 Å². The van der Waals surface area contributed by atoms with E-state index in [9.17, 15) is 9.59 Å². The topological polar surface area (TPSA) is 94.3 Å². The van der Waals surface area contributed by atoms with Crippen molar-refractivity contribution >= 4 is 32.6 Å². The van der Waals surface area contributed by atoms with Crippen molar-refractivity contribution < 1.29 is 9.53 Å². The highest BCUT2D eigenvalue weighted by atomic mass is 32.1. The number of carbonyl (C=O) groups excluding carboxylic acids is 1. The second-order valence-corrected chi connectivity index (χ2v) is 8.72. The molecule has 2 aromatic heterocycles. The minimum absolute atomic E-state index is 0.0492. The fourth-order valence-corrected chi connectivity index (χ4v) is 4.90. The molecule has 166 valence electrons. The van der Waals surface area contributed by atoms with Crippen molar-refractivity contribution in [2.75, 3.05) is 38.7 Å². The maximum atomic E-state index is 12.6. The summed E-state index contributed by atoms with van der Waals surface area (Å²) in [6.07, 6.45) is 1.74. The van der Waals surface area contributed by atoms with E-state index in [0.29, 0.717) is 31.4 Å². The van der Waals surface area contributed by atoms with Crippen LogP contribution in [0.5, 0.6) is 0 Å². The third-order valence-corrected chi connectivity index (χ3v) is 6.59. The molecule has 10 heteroatoms. The second-order valence-electron chi connectivity index (χ2n) is 7.69. The fraction of sp³-hybridized carbons (Fsp3) is 0.524. The number of fused-ring (bicyclic) bond motifs is 1. The Morgan fingerprint density at radius 1 is 1.29 bits per heavy atom. The number of hydrogen-bond acceptors (Lipinski definition) is 7.